The van der Waals surface area contributed by atoms with E-state index in [1.807, 2.05) is 0 Å². The molecule has 0 fully saturated rings. The molecule has 1 rings (SSSR count). The number of rotatable bonds is 3. The second-order valence-corrected chi connectivity index (χ2v) is 2.60. The monoisotopic (exact) mass is 221 g/mol. The summed E-state index contributed by atoms with van der Waals surface area (Å²) in [6.45, 7) is 1.91. The molecule has 0 atom stereocenters. The van der Waals surface area contributed by atoms with Crippen LogP contribution in [-0.2, 0) is 6.18 Å². The zero-order valence-electron chi connectivity index (χ0n) is 8.22. The summed E-state index contributed by atoms with van der Waals surface area (Å²) in [5.74, 6) is -0.211. The Morgan fingerprint density at radius 1 is 1.40 bits per heavy atom. The number of halogens is 3. The average Bonchev–Trinajstić information content (AvgIpc) is 2.16. The fourth-order valence-corrected chi connectivity index (χ4v) is 0.904. The summed E-state index contributed by atoms with van der Waals surface area (Å²) in [6, 6.07) is 0.768. The fraction of sp³-hybridized carbons (Fsp3) is 0.500. The van der Waals surface area contributed by atoms with Gasteiger partial charge in [0.25, 0.3) is 0 Å². The summed E-state index contributed by atoms with van der Waals surface area (Å²) in [7, 11) is 1.44. The molecule has 4 nitrogen and oxygen atoms in total. The van der Waals surface area contributed by atoms with E-state index in [0.717, 1.165) is 6.07 Å². The van der Waals surface area contributed by atoms with E-state index < -0.39 is 11.9 Å². The van der Waals surface area contributed by atoms with Crippen LogP contribution in [0.5, 0.6) is 5.88 Å². The van der Waals surface area contributed by atoms with E-state index in [1.165, 1.54) is 7.05 Å². The van der Waals surface area contributed by atoms with E-state index in [2.05, 4.69) is 15.3 Å². The zero-order chi connectivity index (χ0) is 11.5. The third-order valence-electron chi connectivity index (χ3n) is 1.51. The first kappa shape index (κ1) is 11.5. The molecule has 0 bridgehead atoms. The van der Waals surface area contributed by atoms with E-state index in [0.29, 0.717) is 0 Å². The number of anilines is 1. The molecule has 0 radical (unpaired) electrons. The SMILES string of the molecule is CCOc1cc(C(F)(F)F)nc(NC)n1. The molecule has 0 aliphatic heterocycles. The van der Waals surface area contributed by atoms with Crippen LogP contribution in [0.15, 0.2) is 6.07 Å². The lowest BCUT2D eigenvalue weighted by atomic mass is 10.4. The van der Waals surface area contributed by atoms with Gasteiger partial charge in [0.2, 0.25) is 11.8 Å². The largest absolute Gasteiger partial charge is 0.478 e. The first-order valence-electron chi connectivity index (χ1n) is 4.24. The Hall–Kier alpha value is -1.53. The highest BCUT2D eigenvalue weighted by Crippen LogP contribution is 2.30. The molecule has 1 aromatic heterocycles. The lowest BCUT2D eigenvalue weighted by Gasteiger charge is -2.09. The summed E-state index contributed by atoms with van der Waals surface area (Å²) < 4.78 is 41.9. The minimum Gasteiger partial charge on any atom is -0.478 e. The Morgan fingerprint density at radius 2 is 2.07 bits per heavy atom. The number of ether oxygens (including phenoxy) is 1. The Kier molecular flexibility index (Phi) is 3.33. The maximum absolute atomic E-state index is 12.4. The van der Waals surface area contributed by atoms with Crippen LogP contribution in [0.25, 0.3) is 0 Å². The molecule has 0 aliphatic carbocycles. The number of aromatic nitrogens is 2. The normalized spacial score (nSPS) is 11.3. The van der Waals surface area contributed by atoms with Crippen molar-refractivity contribution in [3.8, 4) is 5.88 Å². The zero-order valence-corrected chi connectivity index (χ0v) is 8.22. The van der Waals surface area contributed by atoms with Crippen molar-refractivity contribution in [3.63, 3.8) is 0 Å². The smallest absolute Gasteiger partial charge is 0.433 e. The highest BCUT2D eigenvalue weighted by Gasteiger charge is 2.33. The second-order valence-electron chi connectivity index (χ2n) is 2.60. The summed E-state index contributed by atoms with van der Waals surface area (Å²) in [5, 5.41) is 2.44. The van der Waals surface area contributed by atoms with Crippen LogP contribution in [0.2, 0.25) is 0 Å². The summed E-state index contributed by atoms with van der Waals surface area (Å²) in [6.07, 6.45) is -4.50. The topological polar surface area (TPSA) is 47.0 Å². The van der Waals surface area contributed by atoms with E-state index >= 15 is 0 Å². The Balaban J connectivity index is 3.11. The van der Waals surface area contributed by atoms with Crippen LogP contribution < -0.4 is 10.1 Å². The standard InChI is InChI=1S/C8H10F3N3O/c1-3-15-6-4-5(8(9,10)11)13-7(12-2)14-6/h4H,3H2,1-2H3,(H,12,13,14). The lowest BCUT2D eigenvalue weighted by Crippen LogP contribution is -2.11. The van der Waals surface area contributed by atoms with Crippen LogP contribution in [0.3, 0.4) is 0 Å². The molecule has 1 heterocycles. The molecule has 0 aliphatic rings. The first-order valence-corrected chi connectivity index (χ1v) is 4.24. The van der Waals surface area contributed by atoms with Gasteiger partial charge in [0.05, 0.1) is 6.61 Å². The van der Waals surface area contributed by atoms with Crippen LogP contribution in [-0.4, -0.2) is 23.6 Å². The molecule has 0 aromatic carbocycles. The van der Waals surface area contributed by atoms with Gasteiger partial charge in [-0.25, -0.2) is 4.98 Å². The fourth-order valence-electron chi connectivity index (χ4n) is 0.904. The van der Waals surface area contributed by atoms with Crippen molar-refractivity contribution < 1.29 is 17.9 Å². The molecule has 84 valence electrons. The summed E-state index contributed by atoms with van der Waals surface area (Å²) >= 11 is 0. The highest BCUT2D eigenvalue weighted by atomic mass is 19.4. The molecule has 0 unspecified atom stereocenters. The van der Waals surface area contributed by atoms with Crippen molar-refractivity contribution in [3.05, 3.63) is 11.8 Å². The Bertz CT molecular complexity index is 340. The average molecular weight is 221 g/mol. The molecule has 7 heteroatoms. The Labute approximate surface area is 84.5 Å². The summed E-state index contributed by atoms with van der Waals surface area (Å²) in [4.78, 5) is 6.99. The van der Waals surface area contributed by atoms with Gasteiger partial charge in [0, 0.05) is 13.1 Å². The van der Waals surface area contributed by atoms with Gasteiger partial charge >= 0.3 is 6.18 Å². The number of nitrogens with zero attached hydrogens (tertiary/aromatic N) is 2. The third kappa shape index (κ3) is 2.97. The molecule has 0 amide bonds. The van der Waals surface area contributed by atoms with Gasteiger partial charge in [0.1, 0.15) is 0 Å². The predicted molar refractivity (Wildman–Crippen MR) is 47.7 cm³/mol. The van der Waals surface area contributed by atoms with Crippen molar-refractivity contribution >= 4 is 5.95 Å². The van der Waals surface area contributed by atoms with Gasteiger partial charge in [-0.3, -0.25) is 0 Å². The lowest BCUT2D eigenvalue weighted by molar-refractivity contribution is -0.141. The quantitative estimate of drug-likeness (QED) is 0.847. The Morgan fingerprint density at radius 3 is 2.53 bits per heavy atom. The maximum Gasteiger partial charge on any atom is 0.433 e. The number of nitrogens with one attached hydrogen (secondary N) is 1. The molecule has 1 N–H and O–H groups in total. The van der Waals surface area contributed by atoms with Gasteiger partial charge in [-0.05, 0) is 6.92 Å². The predicted octanol–water partition coefficient (Wildman–Crippen LogP) is 1.94. The molecule has 1 aromatic rings. The highest BCUT2D eigenvalue weighted by molar-refractivity contribution is 5.31. The van der Waals surface area contributed by atoms with Crippen molar-refractivity contribution in [1.29, 1.82) is 0 Å². The van der Waals surface area contributed by atoms with Crippen molar-refractivity contribution in [1.82, 2.24) is 9.97 Å². The van der Waals surface area contributed by atoms with Crippen LogP contribution in [0, 0.1) is 0 Å². The van der Waals surface area contributed by atoms with E-state index in [9.17, 15) is 13.2 Å². The van der Waals surface area contributed by atoms with E-state index in [1.54, 1.807) is 6.92 Å². The minimum atomic E-state index is -4.50. The minimum absolute atomic E-state index is 0.0934. The molecule has 0 saturated carbocycles. The van der Waals surface area contributed by atoms with Crippen molar-refractivity contribution in [2.75, 3.05) is 19.0 Å². The third-order valence-corrected chi connectivity index (χ3v) is 1.51. The maximum atomic E-state index is 12.4. The molecule has 0 spiro atoms. The number of hydrogen-bond acceptors (Lipinski definition) is 4. The van der Waals surface area contributed by atoms with Crippen LogP contribution >= 0.6 is 0 Å². The van der Waals surface area contributed by atoms with Gasteiger partial charge in [-0.15, -0.1) is 0 Å². The molecule has 15 heavy (non-hydrogen) atoms. The number of hydrogen-bond donors (Lipinski definition) is 1. The second kappa shape index (κ2) is 4.33. The van der Waals surface area contributed by atoms with Gasteiger partial charge in [0.15, 0.2) is 5.69 Å². The molecular formula is C8H10F3N3O. The van der Waals surface area contributed by atoms with E-state index in [-0.39, 0.29) is 18.4 Å². The summed E-state index contributed by atoms with van der Waals surface area (Å²) in [5.41, 5.74) is -1.02. The molecule has 0 saturated heterocycles. The molecular weight excluding hydrogens is 211 g/mol. The van der Waals surface area contributed by atoms with E-state index in [4.69, 9.17) is 4.74 Å². The number of alkyl halides is 3. The van der Waals surface area contributed by atoms with Gasteiger partial charge in [-0.1, -0.05) is 0 Å². The van der Waals surface area contributed by atoms with Crippen molar-refractivity contribution in [2.24, 2.45) is 0 Å². The van der Waals surface area contributed by atoms with Crippen LogP contribution in [0.4, 0.5) is 19.1 Å². The van der Waals surface area contributed by atoms with Gasteiger partial charge in [-0.2, -0.15) is 18.2 Å². The van der Waals surface area contributed by atoms with Crippen LogP contribution in [0.1, 0.15) is 12.6 Å². The first-order chi connectivity index (χ1) is 6.97. The van der Waals surface area contributed by atoms with Gasteiger partial charge < -0.3 is 10.1 Å². The van der Waals surface area contributed by atoms with Crippen molar-refractivity contribution in [2.45, 2.75) is 13.1 Å².